The summed E-state index contributed by atoms with van der Waals surface area (Å²) >= 11 is 0. The first-order chi connectivity index (χ1) is 9.70. The Balaban J connectivity index is 2.02. The van der Waals surface area contributed by atoms with Crippen molar-refractivity contribution < 1.29 is 9.53 Å². The number of ether oxygens (including phenoxy) is 1. The molecule has 2 heterocycles. The smallest absolute Gasteiger partial charge is 0.264 e. The Kier molecular flexibility index (Phi) is 3.53. The van der Waals surface area contributed by atoms with Crippen molar-refractivity contribution in [2.75, 3.05) is 49.6 Å². The number of piperazine rings is 1. The zero-order valence-corrected chi connectivity index (χ0v) is 12.1. The van der Waals surface area contributed by atoms with Crippen molar-refractivity contribution in [1.29, 1.82) is 0 Å². The van der Waals surface area contributed by atoms with Crippen molar-refractivity contribution in [2.45, 2.75) is 13.3 Å². The van der Waals surface area contributed by atoms with Gasteiger partial charge in [-0.3, -0.25) is 4.79 Å². The predicted octanol–water partition coefficient (Wildman–Crippen LogP) is 1.01. The highest BCUT2D eigenvalue weighted by atomic mass is 16.5. The third kappa shape index (κ3) is 2.22. The van der Waals surface area contributed by atoms with Crippen molar-refractivity contribution in [2.24, 2.45) is 0 Å². The van der Waals surface area contributed by atoms with Crippen LogP contribution in [0.25, 0.3) is 0 Å². The summed E-state index contributed by atoms with van der Waals surface area (Å²) in [6.45, 7) is 6.27. The van der Waals surface area contributed by atoms with Gasteiger partial charge in [0.25, 0.3) is 5.91 Å². The molecule has 1 aromatic rings. The second-order valence-electron chi connectivity index (χ2n) is 5.29. The zero-order chi connectivity index (χ0) is 14.1. The third-order valence-electron chi connectivity index (χ3n) is 4.07. The fourth-order valence-corrected chi connectivity index (χ4v) is 2.80. The molecule has 0 saturated carbocycles. The van der Waals surface area contributed by atoms with Crippen LogP contribution in [0.2, 0.25) is 0 Å². The largest absolute Gasteiger partial charge is 0.481 e. The molecule has 0 spiro atoms. The first-order valence-corrected chi connectivity index (χ1v) is 7.22. The van der Waals surface area contributed by atoms with E-state index in [1.807, 2.05) is 7.05 Å². The van der Waals surface area contributed by atoms with E-state index in [1.165, 1.54) is 11.3 Å². The molecule has 1 saturated heterocycles. The SMILES string of the molecule is CCc1cc(N2CCNCC2)cc2c1OCC(=O)N2C. The standard InChI is InChI=1S/C15H21N3O2/c1-3-11-8-12(18-6-4-16-5-7-18)9-13-15(11)20-10-14(19)17(13)2/h8-9,16H,3-7,10H2,1-2H3. The fraction of sp³-hybridized carbons (Fsp3) is 0.533. The Morgan fingerprint density at radius 2 is 2.05 bits per heavy atom. The number of nitrogens with one attached hydrogen (secondary N) is 1. The van der Waals surface area contributed by atoms with Crippen LogP contribution < -0.4 is 19.9 Å². The minimum absolute atomic E-state index is 0.0111. The van der Waals surface area contributed by atoms with Crippen molar-refractivity contribution in [3.8, 4) is 5.75 Å². The summed E-state index contributed by atoms with van der Waals surface area (Å²) < 4.78 is 5.65. The molecule has 5 heteroatoms. The van der Waals surface area contributed by atoms with Crippen LogP contribution in [0.5, 0.6) is 5.75 Å². The fourth-order valence-electron chi connectivity index (χ4n) is 2.80. The minimum Gasteiger partial charge on any atom is -0.481 e. The first-order valence-electron chi connectivity index (χ1n) is 7.22. The number of carbonyl (C=O) groups excluding carboxylic acids is 1. The number of carbonyl (C=O) groups is 1. The predicted molar refractivity (Wildman–Crippen MR) is 79.8 cm³/mol. The monoisotopic (exact) mass is 275 g/mol. The molecule has 0 bridgehead atoms. The molecular weight excluding hydrogens is 254 g/mol. The molecule has 0 aromatic heterocycles. The van der Waals surface area contributed by atoms with E-state index in [0.717, 1.165) is 44.0 Å². The van der Waals surface area contributed by atoms with Gasteiger partial charge < -0.3 is 19.9 Å². The molecule has 0 atom stereocenters. The van der Waals surface area contributed by atoms with Gasteiger partial charge in [-0.15, -0.1) is 0 Å². The molecule has 1 fully saturated rings. The molecule has 108 valence electrons. The molecule has 0 aliphatic carbocycles. The van der Waals surface area contributed by atoms with E-state index >= 15 is 0 Å². The molecule has 2 aliphatic heterocycles. The van der Waals surface area contributed by atoms with Gasteiger partial charge in [0.05, 0.1) is 5.69 Å². The maximum atomic E-state index is 11.8. The van der Waals surface area contributed by atoms with Crippen LogP contribution >= 0.6 is 0 Å². The maximum absolute atomic E-state index is 11.8. The van der Waals surface area contributed by atoms with Gasteiger partial charge in [0.15, 0.2) is 6.61 Å². The van der Waals surface area contributed by atoms with Crippen LogP contribution in [0.15, 0.2) is 12.1 Å². The number of likely N-dealkylation sites (N-methyl/N-ethyl adjacent to an activating group) is 1. The normalized spacial score (nSPS) is 18.8. The average Bonchev–Trinajstić information content (AvgIpc) is 2.51. The highest BCUT2D eigenvalue weighted by Crippen LogP contribution is 2.39. The zero-order valence-electron chi connectivity index (χ0n) is 12.1. The topological polar surface area (TPSA) is 44.8 Å². The van der Waals surface area contributed by atoms with Crippen LogP contribution in [-0.2, 0) is 11.2 Å². The van der Waals surface area contributed by atoms with Crippen molar-refractivity contribution in [3.05, 3.63) is 17.7 Å². The Labute approximate surface area is 119 Å². The van der Waals surface area contributed by atoms with E-state index in [2.05, 4.69) is 29.3 Å². The molecule has 5 nitrogen and oxygen atoms in total. The van der Waals surface area contributed by atoms with E-state index < -0.39 is 0 Å². The number of fused-ring (bicyclic) bond motifs is 1. The lowest BCUT2D eigenvalue weighted by molar-refractivity contribution is -0.121. The quantitative estimate of drug-likeness (QED) is 0.875. The van der Waals surface area contributed by atoms with Crippen LogP contribution in [-0.4, -0.2) is 45.7 Å². The summed E-state index contributed by atoms with van der Waals surface area (Å²) in [6.07, 6.45) is 0.907. The molecule has 1 N–H and O–H groups in total. The van der Waals surface area contributed by atoms with Crippen molar-refractivity contribution in [3.63, 3.8) is 0 Å². The summed E-state index contributed by atoms with van der Waals surface area (Å²) in [5.41, 5.74) is 3.26. The lowest BCUT2D eigenvalue weighted by Gasteiger charge is -2.33. The number of anilines is 2. The second kappa shape index (κ2) is 5.32. The molecule has 0 unspecified atom stereocenters. The van der Waals surface area contributed by atoms with Crippen molar-refractivity contribution >= 4 is 17.3 Å². The van der Waals surface area contributed by atoms with Crippen molar-refractivity contribution in [1.82, 2.24) is 5.32 Å². The molecule has 1 aromatic carbocycles. The first kappa shape index (κ1) is 13.2. The van der Waals surface area contributed by atoms with Gasteiger partial charge in [0.2, 0.25) is 0 Å². The van der Waals surface area contributed by atoms with E-state index in [1.54, 1.807) is 4.90 Å². The van der Waals surface area contributed by atoms with Crippen LogP contribution in [0.4, 0.5) is 11.4 Å². The number of rotatable bonds is 2. The van der Waals surface area contributed by atoms with Gasteiger partial charge in [-0.2, -0.15) is 0 Å². The molecule has 2 aliphatic rings. The molecule has 0 radical (unpaired) electrons. The van der Waals surface area contributed by atoms with Gasteiger partial charge in [-0.05, 0) is 24.1 Å². The number of aryl methyl sites for hydroxylation is 1. The lowest BCUT2D eigenvalue weighted by atomic mass is 10.1. The summed E-state index contributed by atoms with van der Waals surface area (Å²) in [5, 5.41) is 3.36. The third-order valence-corrected chi connectivity index (χ3v) is 4.07. The Morgan fingerprint density at radius 1 is 1.30 bits per heavy atom. The van der Waals surface area contributed by atoms with E-state index in [9.17, 15) is 4.79 Å². The molecule has 20 heavy (non-hydrogen) atoms. The molecular formula is C15H21N3O2. The number of hydrogen-bond donors (Lipinski definition) is 1. The Hall–Kier alpha value is -1.75. The number of nitrogens with zero attached hydrogens (tertiary/aromatic N) is 2. The van der Waals surface area contributed by atoms with Gasteiger partial charge in [-0.1, -0.05) is 6.92 Å². The second-order valence-corrected chi connectivity index (χ2v) is 5.29. The number of hydrogen-bond acceptors (Lipinski definition) is 4. The van der Waals surface area contributed by atoms with Gasteiger partial charge in [-0.25, -0.2) is 0 Å². The Morgan fingerprint density at radius 3 is 2.75 bits per heavy atom. The Bertz CT molecular complexity index is 524. The lowest BCUT2D eigenvalue weighted by Crippen LogP contribution is -2.43. The van der Waals surface area contributed by atoms with Gasteiger partial charge >= 0.3 is 0 Å². The highest BCUT2D eigenvalue weighted by molar-refractivity contribution is 5.98. The summed E-state index contributed by atoms with van der Waals surface area (Å²) in [7, 11) is 1.82. The van der Waals surface area contributed by atoms with Gasteiger partial charge in [0, 0.05) is 38.9 Å². The van der Waals surface area contributed by atoms with E-state index in [4.69, 9.17) is 4.74 Å². The van der Waals surface area contributed by atoms with E-state index in [0.29, 0.717) is 0 Å². The average molecular weight is 275 g/mol. The van der Waals surface area contributed by atoms with E-state index in [-0.39, 0.29) is 12.5 Å². The minimum atomic E-state index is 0.0111. The number of amides is 1. The molecule has 3 rings (SSSR count). The van der Waals surface area contributed by atoms with Crippen LogP contribution in [0.3, 0.4) is 0 Å². The van der Waals surface area contributed by atoms with Crippen LogP contribution in [0.1, 0.15) is 12.5 Å². The highest BCUT2D eigenvalue weighted by Gasteiger charge is 2.26. The summed E-state index contributed by atoms with van der Waals surface area (Å²) in [4.78, 5) is 15.9. The van der Waals surface area contributed by atoms with Crippen LogP contribution in [0, 0.1) is 0 Å². The maximum Gasteiger partial charge on any atom is 0.264 e. The summed E-state index contributed by atoms with van der Waals surface area (Å²) in [6, 6.07) is 4.28. The number of benzene rings is 1. The molecule has 1 amide bonds. The summed E-state index contributed by atoms with van der Waals surface area (Å²) in [5.74, 6) is 0.880. The van der Waals surface area contributed by atoms with Gasteiger partial charge in [0.1, 0.15) is 5.75 Å².